The summed E-state index contributed by atoms with van der Waals surface area (Å²) in [7, 11) is 2.73. The minimum absolute atomic E-state index is 0.0142. The maximum absolute atomic E-state index is 13.5. The standard InChI is InChI=1S/C25H21NO5/c1-15-23(25(29)31-3)19(13-16-11-12-21(27)22(14-16)30-2)24(28)26(15)20-10-6-8-17-7-4-5-9-18(17)20/h4-14,27H,1-3H3/b19-13-. The fourth-order valence-corrected chi connectivity index (χ4v) is 3.82. The summed E-state index contributed by atoms with van der Waals surface area (Å²) < 4.78 is 10.1. The number of hydrogen-bond acceptors (Lipinski definition) is 5. The zero-order chi connectivity index (χ0) is 22.1. The molecule has 0 atom stereocenters. The number of methoxy groups -OCH3 is 2. The fourth-order valence-electron chi connectivity index (χ4n) is 3.82. The van der Waals surface area contributed by atoms with Crippen molar-refractivity contribution in [3.05, 3.63) is 83.1 Å². The predicted octanol–water partition coefficient (Wildman–Crippen LogP) is 4.43. The summed E-state index contributed by atoms with van der Waals surface area (Å²) in [4.78, 5) is 27.7. The summed E-state index contributed by atoms with van der Waals surface area (Å²) in [5.74, 6) is -0.669. The fraction of sp³-hybridized carbons (Fsp3) is 0.120. The molecule has 4 rings (SSSR count). The Bertz CT molecular complexity index is 1270. The van der Waals surface area contributed by atoms with Crippen molar-refractivity contribution in [3.63, 3.8) is 0 Å². The summed E-state index contributed by atoms with van der Waals surface area (Å²) in [6.07, 6.45) is 1.60. The second-order valence-electron chi connectivity index (χ2n) is 7.08. The number of allylic oxidation sites excluding steroid dienone is 1. The van der Waals surface area contributed by atoms with Crippen LogP contribution < -0.4 is 9.64 Å². The number of anilines is 1. The molecule has 31 heavy (non-hydrogen) atoms. The zero-order valence-electron chi connectivity index (χ0n) is 17.4. The van der Waals surface area contributed by atoms with Crippen molar-refractivity contribution in [3.8, 4) is 11.5 Å². The smallest absolute Gasteiger partial charge is 0.340 e. The first-order chi connectivity index (χ1) is 15.0. The molecule has 0 unspecified atom stereocenters. The van der Waals surface area contributed by atoms with Gasteiger partial charge in [0.05, 0.1) is 31.1 Å². The van der Waals surface area contributed by atoms with Crippen LogP contribution in [0.15, 0.2) is 77.5 Å². The third-order valence-electron chi connectivity index (χ3n) is 5.31. The van der Waals surface area contributed by atoms with Gasteiger partial charge in [0.1, 0.15) is 0 Å². The average molecular weight is 415 g/mol. The first-order valence-electron chi connectivity index (χ1n) is 9.66. The molecular formula is C25H21NO5. The third-order valence-corrected chi connectivity index (χ3v) is 5.31. The molecule has 3 aromatic rings. The highest BCUT2D eigenvalue weighted by Crippen LogP contribution is 2.39. The van der Waals surface area contributed by atoms with E-state index >= 15 is 0 Å². The van der Waals surface area contributed by atoms with Gasteiger partial charge < -0.3 is 14.6 Å². The molecule has 0 fully saturated rings. The molecule has 0 saturated carbocycles. The van der Waals surface area contributed by atoms with Gasteiger partial charge in [0, 0.05) is 11.1 Å². The molecule has 156 valence electrons. The van der Waals surface area contributed by atoms with Gasteiger partial charge in [0.15, 0.2) is 11.5 Å². The van der Waals surface area contributed by atoms with Crippen molar-refractivity contribution in [1.82, 2.24) is 0 Å². The SMILES string of the molecule is COC(=O)C1=C(C)N(c2cccc3ccccc23)C(=O)/C1=C\c1ccc(O)c(OC)c1. The summed E-state index contributed by atoms with van der Waals surface area (Å²) in [6, 6.07) is 18.2. The monoisotopic (exact) mass is 415 g/mol. The van der Waals surface area contributed by atoms with Gasteiger partial charge in [0.25, 0.3) is 5.91 Å². The lowest BCUT2D eigenvalue weighted by Crippen LogP contribution is -2.24. The lowest BCUT2D eigenvalue weighted by molar-refractivity contribution is -0.136. The Morgan fingerprint density at radius 1 is 1.03 bits per heavy atom. The van der Waals surface area contributed by atoms with E-state index < -0.39 is 5.97 Å². The van der Waals surface area contributed by atoms with Crippen LogP contribution in [0.4, 0.5) is 5.69 Å². The van der Waals surface area contributed by atoms with Crippen molar-refractivity contribution in [2.24, 2.45) is 0 Å². The van der Waals surface area contributed by atoms with E-state index in [4.69, 9.17) is 9.47 Å². The number of nitrogens with zero attached hydrogens (tertiary/aromatic N) is 1. The summed E-state index contributed by atoms with van der Waals surface area (Å²) in [5.41, 5.74) is 2.20. The first-order valence-corrected chi connectivity index (χ1v) is 9.66. The average Bonchev–Trinajstić information content (AvgIpc) is 3.03. The highest BCUT2D eigenvalue weighted by molar-refractivity contribution is 6.25. The Balaban J connectivity index is 1.90. The number of hydrogen-bond donors (Lipinski definition) is 1. The number of phenolic OH excluding ortho intramolecular Hbond substituents is 1. The molecule has 1 amide bonds. The van der Waals surface area contributed by atoms with Gasteiger partial charge in [-0.15, -0.1) is 0 Å². The number of benzene rings is 3. The van der Waals surface area contributed by atoms with E-state index in [1.165, 1.54) is 25.2 Å². The number of esters is 1. The van der Waals surface area contributed by atoms with E-state index in [0.29, 0.717) is 16.9 Å². The van der Waals surface area contributed by atoms with Gasteiger partial charge >= 0.3 is 5.97 Å². The van der Waals surface area contributed by atoms with Crippen molar-refractivity contribution in [1.29, 1.82) is 0 Å². The van der Waals surface area contributed by atoms with Gasteiger partial charge in [0.2, 0.25) is 0 Å². The van der Waals surface area contributed by atoms with E-state index in [1.54, 1.807) is 25.1 Å². The highest BCUT2D eigenvalue weighted by atomic mass is 16.5. The Morgan fingerprint density at radius 2 is 1.77 bits per heavy atom. The van der Waals surface area contributed by atoms with Crippen molar-refractivity contribution >= 4 is 34.4 Å². The molecule has 0 spiro atoms. The van der Waals surface area contributed by atoms with Gasteiger partial charge in [-0.3, -0.25) is 9.69 Å². The number of ether oxygens (including phenoxy) is 2. The van der Waals surface area contributed by atoms with Crippen LogP contribution >= 0.6 is 0 Å². The number of carbonyl (C=O) groups is 2. The van der Waals surface area contributed by atoms with Crippen LogP contribution in [0, 0.1) is 0 Å². The molecule has 1 N–H and O–H groups in total. The van der Waals surface area contributed by atoms with Gasteiger partial charge in [-0.05, 0) is 42.1 Å². The number of amides is 1. The predicted molar refractivity (Wildman–Crippen MR) is 119 cm³/mol. The van der Waals surface area contributed by atoms with E-state index in [0.717, 1.165) is 10.8 Å². The summed E-state index contributed by atoms with van der Waals surface area (Å²) >= 11 is 0. The quantitative estimate of drug-likeness (QED) is 0.504. The highest BCUT2D eigenvalue weighted by Gasteiger charge is 2.38. The number of phenols is 1. The third kappa shape index (κ3) is 3.42. The molecule has 0 aromatic heterocycles. The summed E-state index contributed by atoms with van der Waals surface area (Å²) in [5, 5.41) is 11.7. The molecule has 1 aliphatic rings. The maximum atomic E-state index is 13.5. The first kappa shape index (κ1) is 20.2. The maximum Gasteiger partial charge on any atom is 0.340 e. The lowest BCUT2D eigenvalue weighted by atomic mass is 10.0. The Kier molecular flexibility index (Phi) is 5.21. The van der Waals surface area contributed by atoms with E-state index in [9.17, 15) is 14.7 Å². The molecule has 3 aromatic carbocycles. The minimum atomic E-state index is -0.592. The Morgan fingerprint density at radius 3 is 2.52 bits per heavy atom. The minimum Gasteiger partial charge on any atom is -0.504 e. The molecule has 0 radical (unpaired) electrons. The summed E-state index contributed by atoms with van der Waals surface area (Å²) in [6.45, 7) is 1.73. The van der Waals surface area contributed by atoms with Crippen molar-refractivity contribution < 1.29 is 24.2 Å². The van der Waals surface area contributed by atoms with E-state index in [-0.39, 0.29) is 28.6 Å². The largest absolute Gasteiger partial charge is 0.504 e. The van der Waals surface area contributed by atoms with Gasteiger partial charge in [-0.1, -0.05) is 42.5 Å². The number of aromatic hydroxyl groups is 1. The number of rotatable bonds is 4. The molecule has 6 heteroatoms. The van der Waals surface area contributed by atoms with E-state index in [1.807, 2.05) is 42.5 Å². The van der Waals surface area contributed by atoms with Crippen LogP contribution in [0.2, 0.25) is 0 Å². The second kappa shape index (κ2) is 7.99. The van der Waals surface area contributed by atoms with Crippen LogP contribution in [0.25, 0.3) is 16.8 Å². The number of fused-ring (bicyclic) bond motifs is 1. The van der Waals surface area contributed by atoms with Gasteiger partial charge in [-0.25, -0.2) is 4.79 Å². The Hall–Kier alpha value is -4.06. The van der Waals surface area contributed by atoms with Crippen LogP contribution in [0.1, 0.15) is 12.5 Å². The van der Waals surface area contributed by atoms with Crippen LogP contribution in [0.3, 0.4) is 0 Å². The topological polar surface area (TPSA) is 76.1 Å². The van der Waals surface area contributed by atoms with Crippen molar-refractivity contribution in [2.45, 2.75) is 6.92 Å². The molecule has 0 aliphatic carbocycles. The molecule has 6 nitrogen and oxygen atoms in total. The number of carbonyl (C=O) groups excluding carboxylic acids is 2. The van der Waals surface area contributed by atoms with Crippen molar-refractivity contribution in [2.75, 3.05) is 19.1 Å². The molecule has 0 bridgehead atoms. The van der Waals surface area contributed by atoms with Crippen LogP contribution in [0.5, 0.6) is 11.5 Å². The lowest BCUT2D eigenvalue weighted by Gasteiger charge is -2.20. The normalized spacial score (nSPS) is 15.1. The Labute approximate surface area is 179 Å². The van der Waals surface area contributed by atoms with Crippen LogP contribution in [-0.2, 0) is 14.3 Å². The second-order valence-corrected chi connectivity index (χ2v) is 7.08. The van der Waals surface area contributed by atoms with Gasteiger partial charge in [-0.2, -0.15) is 0 Å². The molecule has 0 saturated heterocycles. The van der Waals surface area contributed by atoms with E-state index in [2.05, 4.69) is 0 Å². The molecule has 1 heterocycles. The molecular weight excluding hydrogens is 394 g/mol. The van der Waals surface area contributed by atoms with Crippen LogP contribution in [-0.4, -0.2) is 31.2 Å². The zero-order valence-corrected chi connectivity index (χ0v) is 17.4. The molecule has 1 aliphatic heterocycles.